The van der Waals surface area contributed by atoms with Gasteiger partial charge in [0.2, 0.25) is 0 Å². The Hall–Kier alpha value is -2.06. The number of aryl methyl sites for hydroxylation is 1. The van der Waals surface area contributed by atoms with Gasteiger partial charge in [-0.1, -0.05) is 6.07 Å². The summed E-state index contributed by atoms with van der Waals surface area (Å²) < 4.78 is 16.9. The number of esters is 1. The topological polar surface area (TPSA) is 73.9 Å². The first kappa shape index (κ1) is 20.3. The molecule has 0 aliphatic carbocycles. The maximum absolute atomic E-state index is 12.3. The molecule has 0 saturated carbocycles. The van der Waals surface area contributed by atoms with Crippen LogP contribution in [-0.4, -0.2) is 32.7 Å². The van der Waals surface area contributed by atoms with Crippen LogP contribution in [0.5, 0.6) is 11.5 Å². The number of nitrogens with one attached hydrogen (secondary N) is 1. The molecule has 8 heteroatoms. The molecule has 0 aliphatic rings. The van der Waals surface area contributed by atoms with E-state index in [1.54, 1.807) is 12.1 Å². The summed E-state index contributed by atoms with van der Waals surface area (Å²) in [5, 5.41) is 2.70. The molecule has 0 saturated heterocycles. The van der Waals surface area contributed by atoms with Gasteiger partial charge in [0.25, 0.3) is 5.91 Å². The van der Waals surface area contributed by atoms with Gasteiger partial charge in [-0.25, -0.2) is 4.79 Å². The second kappa shape index (κ2) is 9.05. The number of halogens is 2. The van der Waals surface area contributed by atoms with E-state index in [0.717, 1.165) is 14.5 Å². The highest BCUT2D eigenvalue weighted by Gasteiger charge is 2.19. The Kier molecular flexibility index (Phi) is 7.05. The van der Waals surface area contributed by atoms with Gasteiger partial charge in [0.05, 0.1) is 19.9 Å². The fourth-order valence-corrected chi connectivity index (χ4v) is 3.87. The SMILES string of the molecule is COc1cccc(C(=O)OCC(=O)Nc2c(Br)cc(C)cc2Br)c1OC. The van der Waals surface area contributed by atoms with Crippen LogP contribution in [0.2, 0.25) is 0 Å². The molecule has 2 aromatic carbocycles. The molecule has 0 aromatic heterocycles. The molecule has 2 rings (SSSR count). The molecule has 1 N–H and O–H groups in total. The molecule has 0 bridgehead atoms. The molecule has 26 heavy (non-hydrogen) atoms. The van der Waals surface area contributed by atoms with Crippen molar-refractivity contribution in [3.8, 4) is 11.5 Å². The first-order valence-corrected chi connectivity index (χ1v) is 9.09. The third-order valence-electron chi connectivity index (χ3n) is 3.41. The van der Waals surface area contributed by atoms with Crippen molar-refractivity contribution in [2.45, 2.75) is 6.92 Å². The minimum atomic E-state index is -0.682. The van der Waals surface area contributed by atoms with Crippen molar-refractivity contribution in [3.63, 3.8) is 0 Å². The van der Waals surface area contributed by atoms with Crippen molar-refractivity contribution in [2.24, 2.45) is 0 Å². The van der Waals surface area contributed by atoms with Crippen LogP contribution in [0.1, 0.15) is 15.9 Å². The van der Waals surface area contributed by atoms with Gasteiger partial charge in [0.1, 0.15) is 5.56 Å². The predicted octanol–water partition coefficient (Wildman–Crippen LogP) is 4.33. The molecule has 0 unspecified atom stereocenters. The largest absolute Gasteiger partial charge is 0.493 e. The number of para-hydroxylation sites is 1. The van der Waals surface area contributed by atoms with E-state index in [9.17, 15) is 9.59 Å². The summed E-state index contributed by atoms with van der Waals surface area (Å²) >= 11 is 6.79. The van der Waals surface area contributed by atoms with Gasteiger partial charge in [0.15, 0.2) is 18.1 Å². The molecule has 0 heterocycles. The van der Waals surface area contributed by atoms with Gasteiger partial charge in [-0.05, 0) is 68.6 Å². The van der Waals surface area contributed by atoms with E-state index in [1.165, 1.54) is 20.3 Å². The van der Waals surface area contributed by atoms with Crippen molar-refractivity contribution < 1.29 is 23.8 Å². The first-order chi connectivity index (χ1) is 12.4. The molecule has 0 radical (unpaired) electrons. The van der Waals surface area contributed by atoms with Crippen molar-refractivity contribution >= 4 is 49.4 Å². The maximum atomic E-state index is 12.3. The number of benzene rings is 2. The highest BCUT2D eigenvalue weighted by atomic mass is 79.9. The third kappa shape index (κ3) is 4.76. The molecule has 0 atom stereocenters. The lowest BCUT2D eigenvalue weighted by Crippen LogP contribution is -2.21. The van der Waals surface area contributed by atoms with Crippen LogP contribution in [0.25, 0.3) is 0 Å². The summed E-state index contributed by atoms with van der Waals surface area (Å²) in [5.41, 5.74) is 1.77. The number of hydrogen-bond donors (Lipinski definition) is 1. The van der Waals surface area contributed by atoms with E-state index < -0.39 is 18.5 Å². The summed E-state index contributed by atoms with van der Waals surface area (Å²) in [4.78, 5) is 24.4. The van der Waals surface area contributed by atoms with Crippen molar-refractivity contribution in [2.75, 3.05) is 26.1 Å². The number of rotatable bonds is 6. The highest BCUT2D eigenvalue weighted by Crippen LogP contribution is 2.33. The zero-order chi connectivity index (χ0) is 19.3. The average Bonchev–Trinajstić information content (AvgIpc) is 2.61. The summed E-state index contributed by atoms with van der Waals surface area (Å²) in [6.45, 7) is 1.50. The van der Waals surface area contributed by atoms with Gasteiger partial charge in [-0.15, -0.1) is 0 Å². The van der Waals surface area contributed by atoms with Crippen LogP contribution in [0.4, 0.5) is 5.69 Å². The quantitative estimate of drug-likeness (QED) is 0.615. The van der Waals surface area contributed by atoms with E-state index in [0.29, 0.717) is 11.4 Å². The molecule has 2 aromatic rings. The number of amides is 1. The van der Waals surface area contributed by atoms with Crippen molar-refractivity contribution in [1.82, 2.24) is 0 Å². The van der Waals surface area contributed by atoms with Crippen molar-refractivity contribution in [3.05, 3.63) is 50.4 Å². The summed E-state index contributed by atoms with van der Waals surface area (Å²) in [5.74, 6) is -0.494. The van der Waals surface area contributed by atoms with Crippen LogP contribution in [0.15, 0.2) is 39.3 Å². The highest BCUT2D eigenvalue weighted by molar-refractivity contribution is 9.11. The van der Waals surface area contributed by atoms with Gasteiger partial charge in [-0.3, -0.25) is 4.79 Å². The lowest BCUT2D eigenvalue weighted by Gasteiger charge is -2.13. The normalized spacial score (nSPS) is 10.2. The molecular weight excluding hydrogens is 470 g/mol. The average molecular weight is 487 g/mol. The standard InChI is InChI=1S/C18H17Br2NO5/c1-10-7-12(19)16(13(20)8-10)21-15(22)9-26-18(23)11-5-4-6-14(24-2)17(11)25-3/h4-8H,9H2,1-3H3,(H,21,22). The molecule has 6 nitrogen and oxygen atoms in total. The third-order valence-corrected chi connectivity index (χ3v) is 4.66. The number of anilines is 1. The number of carbonyl (C=O) groups excluding carboxylic acids is 2. The Labute approximate surface area is 168 Å². The maximum Gasteiger partial charge on any atom is 0.342 e. The number of methoxy groups -OCH3 is 2. The minimum Gasteiger partial charge on any atom is -0.493 e. The van der Waals surface area contributed by atoms with Gasteiger partial charge in [-0.2, -0.15) is 0 Å². The Balaban J connectivity index is 2.05. The fourth-order valence-electron chi connectivity index (χ4n) is 2.25. The van der Waals surface area contributed by atoms with E-state index in [4.69, 9.17) is 14.2 Å². The molecule has 0 spiro atoms. The van der Waals surface area contributed by atoms with E-state index >= 15 is 0 Å². The molecule has 1 amide bonds. The first-order valence-electron chi connectivity index (χ1n) is 7.51. The predicted molar refractivity (Wildman–Crippen MR) is 105 cm³/mol. The Morgan fingerprint density at radius 2 is 1.73 bits per heavy atom. The lowest BCUT2D eigenvalue weighted by molar-refractivity contribution is -0.119. The zero-order valence-corrected chi connectivity index (χ0v) is 17.6. The Morgan fingerprint density at radius 1 is 1.08 bits per heavy atom. The molecule has 138 valence electrons. The summed E-state index contributed by atoms with van der Waals surface area (Å²) in [6.07, 6.45) is 0. The van der Waals surface area contributed by atoms with Crippen LogP contribution >= 0.6 is 31.9 Å². The van der Waals surface area contributed by atoms with Gasteiger partial charge >= 0.3 is 5.97 Å². The second-order valence-electron chi connectivity index (χ2n) is 5.27. The van der Waals surface area contributed by atoms with Gasteiger partial charge < -0.3 is 19.5 Å². The van der Waals surface area contributed by atoms with E-state index in [-0.39, 0.29) is 11.3 Å². The van der Waals surface area contributed by atoms with Crippen LogP contribution in [0.3, 0.4) is 0 Å². The summed E-state index contributed by atoms with van der Waals surface area (Å²) in [7, 11) is 2.89. The monoisotopic (exact) mass is 485 g/mol. The number of ether oxygens (including phenoxy) is 3. The van der Waals surface area contributed by atoms with E-state index in [1.807, 2.05) is 19.1 Å². The molecule has 0 fully saturated rings. The number of carbonyl (C=O) groups is 2. The molecular formula is C18H17Br2NO5. The second-order valence-corrected chi connectivity index (χ2v) is 6.98. The Bertz CT molecular complexity index is 815. The zero-order valence-electron chi connectivity index (χ0n) is 14.4. The van der Waals surface area contributed by atoms with Gasteiger partial charge in [0, 0.05) is 8.95 Å². The molecule has 0 aliphatic heterocycles. The number of hydrogen-bond acceptors (Lipinski definition) is 5. The van der Waals surface area contributed by atoms with Crippen LogP contribution < -0.4 is 14.8 Å². The van der Waals surface area contributed by atoms with E-state index in [2.05, 4.69) is 37.2 Å². The lowest BCUT2D eigenvalue weighted by atomic mass is 10.2. The Morgan fingerprint density at radius 3 is 2.31 bits per heavy atom. The van der Waals surface area contributed by atoms with Crippen molar-refractivity contribution in [1.29, 1.82) is 0 Å². The van der Waals surface area contributed by atoms with Crippen LogP contribution in [0, 0.1) is 6.92 Å². The smallest absolute Gasteiger partial charge is 0.342 e. The minimum absolute atomic E-state index is 0.178. The summed E-state index contributed by atoms with van der Waals surface area (Å²) in [6, 6.07) is 8.57. The fraction of sp³-hybridized carbons (Fsp3) is 0.222. The van der Waals surface area contributed by atoms with Crippen LogP contribution in [-0.2, 0) is 9.53 Å².